The van der Waals surface area contributed by atoms with Gasteiger partial charge in [0.15, 0.2) is 12.6 Å². The lowest BCUT2D eigenvalue weighted by Crippen LogP contribution is -1.62. The summed E-state index contributed by atoms with van der Waals surface area (Å²) in [4.78, 5) is 21.0. The van der Waals surface area contributed by atoms with Crippen LogP contribution in [0.3, 0.4) is 0 Å². The highest BCUT2D eigenvalue weighted by Crippen LogP contribution is 2.24. The Balaban J connectivity index is 0.000000239. The van der Waals surface area contributed by atoms with Crippen molar-refractivity contribution in [2.75, 3.05) is 0 Å². The summed E-state index contributed by atoms with van der Waals surface area (Å²) in [7, 11) is 0. The van der Waals surface area contributed by atoms with E-state index >= 15 is 0 Å². The third-order valence-corrected chi connectivity index (χ3v) is 2.47. The number of aromatic amines is 1. The molecule has 0 saturated carbocycles. The second-order valence-corrected chi connectivity index (χ2v) is 3.49. The van der Waals surface area contributed by atoms with Crippen LogP contribution in [0.1, 0.15) is 0 Å². The molecule has 0 bridgehead atoms. The predicted octanol–water partition coefficient (Wildman–Crippen LogP) is 2.71. The summed E-state index contributed by atoms with van der Waals surface area (Å²) >= 11 is 0. The van der Waals surface area contributed by atoms with E-state index in [9.17, 15) is 0 Å². The van der Waals surface area contributed by atoms with Gasteiger partial charge in [0.1, 0.15) is 0 Å². The zero-order valence-corrected chi connectivity index (χ0v) is 9.09. The van der Waals surface area contributed by atoms with Gasteiger partial charge in [0, 0.05) is 21.8 Å². The number of rotatable bonds is 1. The maximum Gasteiger partial charge on any atom is 0.182 e. The van der Waals surface area contributed by atoms with Crippen LogP contribution < -0.4 is 0 Å². The fourth-order valence-electron chi connectivity index (χ4n) is 1.80. The van der Waals surface area contributed by atoms with E-state index < -0.39 is 0 Å². The lowest BCUT2D eigenvalue weighted by molar-refractivity contribution is -0.122. The van der Waals surface area contributed by atoms with Gasteiger partial charge in [0.05, 0.1) is 0 Å². The number of aromatic nitrogens is 1. The van der Waals surface area contributed by atoms with Gasteiger partial charge in [-0.25, -0.2) is 0 Å². The molecule has 0 spiro atoms. The van der Waals surface area contributed by atoms with E-state index in [2.05, 4.69) is 53.5 Å². The average molecular weight is 225 g/mol. The van der Waals surface area contributed by atoms with Crippen LogP contribution in [0.15, 0.2) is 48.5 Å². The van der Waals surface area contributed by atoms with Crippen LogP contribution in [0.2, 0.25) is 0 Å². The van der Waals surface area contributed by atoms with E-state index in [0.29, 0.717) is 0 Å². The molecule has 1 heterocycles. The van der Waals surface area contributed by atoms with Gasteiger partial charge in [-0.1, -0.05) is 36.4 Å². The van der Waals surface area contributed by atoms with Crippen LogP contribution in [0.5, 0.6) is 0 Å². The molecule has 17 heavy (non-hydrogen) atoms. The molecule has 0 aliphatic rings. The third kappa shape index (κ3) is 2.23. The van der Waals surface area contributed by atoms with Gasteiger partial charge in [0.2, 0.25) is 0 Å². The Morgan fingerprint density at radius 1 is 0.706 bits per heavy atom. The fourth-order valence-corrected chi connectivity index (χ4v) is 1.80. The first-order valence-corrected chi connectivity index (χ1v) is 5.21. The van der Waals surface area contributed by atoms with Gasteiger partial charge in [0.25, 0.3) is 0 Å². The maximum atomic E-state index is 8.81. The number of H-pyrrole nitrogens is 1. The zero-order valence-electron chi connectivity index (χ0n) is 9.09. The molecule has 0 saturated heterocycles. The monoisotopic (exact) mass is 225 g/mol. The summed E-state index contributed by atoms with van der Waals surface area (Å²) in [5.74, 6) is 0. The normalized spacial score (nSPS) is 9.65. The van der Waals surface area contributed by atoms with Crippen molar-refractivity contribution in [3.63, 3.8) is 0 Å². The van der Waals surface area contributed by atoms with Gasteiger partial charge >= 0.3 is 0 Å². The first-order valence-electron chi connectivity index (χ1n) is 5.21. The molecule has 3 rings (SSSR count). The Morgan fingerprint density at radius 2 is 1.12 bits per heavy atom. The Kier molecular flexibility index (Phi) is 3.31. The highest BCUT2D eigenvalue weighted by atomic mass is 16.2. The second-order valence-electron chi connectivity index (χ2n) is 3.49. The highest BCUT2D eigenvalue weighted by Gasteiger charge is 2.00. The van der Waals surface area contributed by atoms with Crippen molar-refractivity contribution in [1.29, 1.82) is 0 Å². The molecule has 84 valence electrons. The minimum atomic E-state index is 0.194. The van der Waals surface area contributed by atoms with E-state index in [1.165, 1.54) is 21.8 Å². The molecular weight excluding hydrogens is 214 g/mol. The molecule has 1 aromatic heterocycles. The van der Waals surface area contributed by atoms with E-state index in [4.69, 9.17) is 9.59 Å². The van der Waals surface area contributed by atoms with Crippen molar-refractivity contribution in [3.05, 3.63) is 48.5 Å². The Labute approximate surface area is 98.1 Å². The second kappa shape index (κ2) is 5.07. The number of para-hydroxylation sites is 2. The van der Waals surface area contributed by atoms with Crippen LogP contribution in [-0.4, -0.2) is 17.6 Å². The van der Waals surface area contributed by atoms with Gasteiger partial charge in [-0.15, -0.1) is 0 Å². The molecule has 3 heteroatoms. The number of nitrogens with one attached hydrogen (secondary N) is 1. The van der Waals surface area contributed by atoms with E-state index in [1.54, 1.807) is 0 Å². The van der Waals surface area contributed by atoms with Gasteiger partial charge in [-0.05, 0) is 12.1 Å². The Hall–Kier alpha value is -2.42. The van der Waals surface area contributed by atoms with Gasteiger partial charge in [-0.3, -0.25) is 9.59 Å². The molecule has 3 aromatic rings. The van der Waals surface area contributed by atoms with Gasteiger partial charge < -0.3 is 4.98 Å². The lowest BCUT2D eigenvalue weighted by atomic mass is 10.2. The number of fused-ring (bicyclic) bond motifs is 3. The minimum absolute atomic E-state index is 0.194. The highest BCUT2D eigenvalue weighted by molar-refractivity contribution is 6.09. The van der Waals surface area contributed by atoms with Crippen molar-refractivity contribution >= 4 is 34.4 Å². The number of benzene rings is 2. The number of carbonyl (C=O) groups excluding carboxylic acids is 2. The first kappa shape index (κ1) is 11.1. The molecule has 1 N–H and O–H groups in total. The van der Waals surface area contributed by atoms with E-state index in [1.807, 2.05) is 0 Å². The quantitative estimate of drug-likeness (QED) is 0.511. The minimum Gasteiger partial charge on any atom is -0.355 e. The predicted molar refractivity (Wildman–Crippen MR) is 67.9 cm³/mol. The summed E-state index contributed by atoms with van der Waals surface area (Å²) in [6, 6.07) is 16.8. The van der Waals surface area contributed by atoms with Crippen molar-refractivity contribution in [2.45, 2.75) is 0 Å². The number of hydrogen-bond donors (Lipinski definition) is 1. The average Bonchev–Trinajstić information content (AvgIpc) is 2.77. The number of carbonyl (C=O) groups is 2. The summed E-state index contributed by atoms with van der Waals surface area (Å²) in [5.41, 5.74) is 2.42. The summed E-state index contributed by atoms with van der Waals surface area (Å²) in [6.45, 7) is 0. The largest absolute Gasteiger partial charge is 0.355 e. The van der Waals surface area contributed by atoms with E-state index in [0.717, 1.165) is 0 Å². The molecule has 0 radical (unpaired) electrons. The summed E-state index contributed by atoms with van der Waals surface area (Å²) in [5, 5.41) is 2.61. The summed E-state index contributed by atoms with van der Waals surface area (Å²) in [6.07, 6.45) is 0.389. The number of aldehydes is 2. The Morgan fingerprint density at radius 3 is 1.53 bits per heavy atom. The molecule has 0 aliphatic heterocycles. The fraction of sp³-hybridized carbons (Fsp3) is 0. The zero-order chi connectivity index (χ0) is 12.1. The third-order valence-electron chi connectivity index (χ3n) is 2.47. The van der Waals surface area contributed by atoms with Crippen molar-refractivity contribution in [1.82, 2.24) is 4.98 Å². The topological polar surface area (TPSA) is 49.9 Å². The molecule has 0 fully saturated rings. The Bertz CT molecular complexity index is 599. The summed E-state index contributed by atoms with van der Waals surface area (Å²) < 4.78 is 0. The molecular formula is C14H11NO2. The van der Waals surface area contributed by atoms with Crippen LogP contribution in [0.4, 0.5) is 0 Å². The molecule has 0 unspecified atom stereocenters. The van der Waals surface area contributed by atoms with Crippen molar-refractivity contribution in [3.8, 4) is 0 Å². The molecule has 2 aromatic carbocycles. The molecule has 0 aliphatic carbocycles. The van der Waals surface area contributed by atoms with Crippen LogP contribution in [0.25, 0.3) is 21.8 Å². The number of hydrogen-bond acceptors (Lipinski definition) is 2. The van der Waals surface area contributed by atoms with Crippen molar-refractivity contribution < 1.29 is 9.59 Å². The molecule has 0 amide bonds. The molecule has 3 nitrogen and oxygen atoms in total. The maximum absolute atomic E-state index is 8.81. The van der Waals surface area contributed by atoms with E-state index in [-0.39, 0.29) is 12.6 Å². The molecule has 0 atom stereocenters. The standard InChI is InChI=1S/C12H9N.C2H2O2/c1-3-7-11-9(5-1)10-6-2-4-8-12(10)13-11;3-1-2-4/h1-8,13H;1-2H. The van der Waals surface area contributed by atoms with Crippen LogP contribution in [-0.2, 0) is 9.59 Å². The van der Waals surface area contributed by atoms with Gasteiger partial charge in [-0.2, -0.15) is 0 Å². The van der Waals surface area contributed by atoms with Crippen LogP contribution in [0, 0.1) is 0 Å². The SMILES string of the molecule is O=CC=O.c1ccc2c(c1)[nH]c1ccccc12. The first-order chi connectivity index (χ1) is 8.36. The lowest BCUT2D eigenvalue weighted by Gasteiger charge is -1.87. The smallest absolute Gasteiger partial charge is 0.182 e. The van der Waals surface area contributed by atoms with Crippen molar-refractivity contribution in [2.24, 2.45) is 0 Å². The van der Waals surface area contributed by atoms with Crippen LogP contribution >= 0.6 is 0 Å².